The third-order valence-electron chi connectivity index (χ3n) is 2.55. The van der Waals surface area contributed by atoms with Gasteiger partial charge in [0.1, 0.15) is 5.82 Å². The summed E-state index contributed by atoms with van der Waals surface area (Å²) in [4.78, 5) is 22.6. The molecule has 1 amide bonds. The lowest BCUT2D eigenvalue weighted by atomic mass is 9.89. The van der Waals surface area contributed by atoms with E-state index < -0.39 is 23.1 Å². The Morgan fingerprint density at radius 3 is 2.63 bits per heavy atom. The van der Waals surface area contributed by atoms with Crippen molar-refractivity contribution >= 4 is 27.8 Å². The molecule has 0 aromatic heterocycles. The van der Waals surface area contributed by atoms with Gasteiger partial charge in [-0.1, -0.05) is 19.9 Å². The average Bonchev–Trinajstić information content (AvgIpc) is 2.28. The SMILES string of the molecule is CC(C)(CNC(=O)c1cccc(F)c1Br)CC(=O)O. The van der Waals surface area contributed by atoms with E-state index in [2.05, 4.69) is 21.2 Å². The number of carbonyl (C=O) groups excluding carboxylic acids is 1. The van der Waals surface area contributed by atoms with Crippen molar-refractivity contribution in [2.75, 3.05) is 6.54 Å². The molecule has 0 aliphatic heterocycles. The summed E-state index contributed by atoms with van der Waals surface area (Å²) in [6.07, 6.45) is -0.0579. The molecule has 1 rings (SSSR count). The van der Waals surface area contributed by atoms with Crippen LogP contribution in [-0.4, -0.2) is 23.5 Å². The molecule has 0 saturated carbocycles. The number of nitrogens with one attached hydrogen (secondary N) is 1. The Morgan fingerprint density at radius 2 is 2.05 bits per heavy atom. The van der Waals surface area contributed by atoms with Crippen molar-refractivity contribution in [3.8, 4) is 0 Å². The van der Waals surface area contributed by atoms with Crippen LogP contribution in [0.2, 0.25) is 0 Å². The third kappa shape index (κ3) is 4.63. The highest BCUT2D eigenvalue weighted by Gasteiger charge is 2.23. The van der Waals surface area contributed by atoms with Crippen LogP contribution in [0.1, 0.15) is 30.6 Å². The molecule has 0 radical (unpaired) electrons. The zero-order valence-corrected chi connectivity index (χ0v) is 12.3. The normalized spacial score (nSPS) is 11.2. The number of halogens is 2. The smallest absolute Gasteiger partial charge is 0.303 e. The van der Waals surface area contributed by atoms with Crippen LogP contribution in [0, 0.1) is 11.2 Å². The van der Waals surface area contributed by atoms with Gasteiger partial charge in [-0.15, -0.1) is 0 Å². The topological polar surface area (TPSA) is 66.4 Å². The molecule has 19 heavy (non-hydrogen) atoms. The minimum atomic E-state index is -0.925. The van der Waals surface area contributed by atoms with Crippen molar-refractivity contribution in [2.45, 2.75) is 20.3 Å². The van der Waals surface area contributed by atoms with Crippen LogP contribution in [0.25, 0.3) is 0 Å². The Morgan fingerprint density at radius 1 is 1.42 bits per heavy atom. The first kappa shape index (κ1) is 15.6. The molecule has 0 saturated heterocycles. The number of hydrogen-bond donors (Lipinski definition) is 2. The number of amides is 1. The van der Waals surface area contributed by atoms with Crippen LogP contribution in [-0.2, 0) is 4.79 Å². The van der Waals surface area contributed by atoms with Gasteiger partial charge in [0.05, 0.1) is 16.5 Å². The summed E-state index contributed by atoms with van der Waals surface area (Å²) >= 11 is 3.01. The Hall–Kier alpha value is -1.43. The first-order valence-corrected chi connectivity index (χ1v) is 6.46. The van der Waals surface area contributed by atoms with E-state index in [-0.39, 0.29) is 23.0 Å². The molecule has 0 unspecified atom stereocenters. The van der Waals surface area contributed by atoms with Gasteiger partial charge >= 0.3 is 5.97 Å². The molecule has 6 heteroatoms. The van der Waals surface area contributed by atoms with Crippen molar-refractivity contribution in [3.63, 3.8) is 0 Å². The summed E-state index contributed by atoms with van der Waals surface area (Å²) in [5.41, 5.74) is -0.382. The van der Waals surface area contributed by atoms with Gasteiger partial charge in [-0.25, -0.2) is 4.39 Å². The van der Waals surface area contributed by atoms with E-state index in [9.17, 15) is 14.0 Å². The maximum absolute atomic E-state index is 13.3. The third-order valence-corrected chi connectivity index (χ3v) is 3.36. The Kier molecular flexibility index (Phi) is 5.05. The van der Waals surface area contributed by atoms with Crippen LogP contribution in [0.5, 0.6) is 0 Å². The van der Waals surface area contributed by atoms with Gasteiger partial charge in [-0.2, -0.15) is 0 Å². The predicted octanol–water partition coefficient (Wildman–Crippen LogP) is 2.82. The monoisotopic (exact) mass is 331 g/mol. The van der Waals surface area contributed by atoms with E-state index in [0.717, 1.165) is 0 Å². The summed E-state index contributed by atoms with van der Waals surface area (Å²) in [5, 5.41) is 11.4. The minimum absolute atomic E-state index is 0.0579. The molecule has 1 aromatic rings. The molecular weight excluding hydrogens is 317 g/mol. The molecule has 1 aromatic carbocycles. The molecule has 4 nitrogen and oxygen atoms in total. The van der Waals surface area contributed by atoms with Gasteiger partial charge in [-0.3, -0.25) is 9.59 Å². The standard InChI is InChI=1S/C13H15BrFNO3/c1-13(2,6-10(17)18)7-16-12(19)8-4-3-5-9(15)11(8)14/h3-5H,6-7H2,1-2H3,(H,16,19)(H,17,18). The molecule has 0 fully saturated rings. The second-order valence-corrected chi connectivity index (χ2v) is 5.81. The molecule has 0 atom stereocenters. The maximum atomic E-state index is 13.3. The molecule has 0 heterocycles. The number of benzene rings is 1. The largest absolute Gasteiger partial charge is 0.481 e. The highest BCUT2D eigenvalue weighted by Crippen LogP contribution is 2.22. The first-order valence-electron chi connectivity index (χ1n) is 5.67. The van der Waals surface area contributed by atoms with Gasteiger partial charge in [0.25, 0.3) is 5.91 Å². The van der Waals surface area contributed by atoms with Crippen LogP contribution >= 0.6 is 15.9 Å². The van der Waals surface area contributed by atoms with Crippen LogP contribution < -0.4 is 5.32 Å². The Labute approximate surface area is 119 Å². The quantitative estimate of drug-likeness (QED) is 0.871. The van der Waals surface area contributed by atoms with E-state index in [1.807, 2.05) is 0 Å². The lowest BCUT2D eigenvalue weighted by molar-refractivity contribution is -0.139. The number of carboxylic acids is 1. The summed E-state index contributed by atoms with van der Waals surface area (Å²) < 4.78 is 13.4. The van der Waals surface area contributed by atoms with Gasteiger partial charge in [0.15, 0.2) is 0 Å². The Balaban J connectivity index is 2.71. The fourth-order valence-electron chi connectivity index (χ4n) is 1.57. The van der Waals surface area contributed by atoms with E-state index in [1.165, 1.54) is 18.2 Å². The summed E-state index contributed by atoms with van der Waals surface area (Å²) in [6.45, 7) is 3.67. The second-order valence-electron chi connectivity index (χ2n) is 5.02. The van der Waals surface area contributed by atoms with Crippen molar-refractivity contribution in [3.05, 3.63) is 34.1 Å². The molecule has 0 aliphatic carbocycles. The fourth-order valence-corrected chi connectivity index (χ4v) is 2.01. The van der Waals surface area contributed by atoms with Crippen LogP contribution in [0.15, 0.2) is 22.7 Å². The molecule has 104 valence electrons. The van der Waals surface area contributed by atoms with E-state index in [4.69, 9.17) is 5.11 Å². The molecular formula is C13H15BrFNO3. The van der Waals surface area contributed by atoms with Crippen molar-refractivity contribution < 1.29 is 19.1 Å². The highest BCUT2D eigenvalue weighted by molar-refractivity contribution is 9.10. The first-order chi connectivity index (χ1) is 8.73. The molecule has 0 bridgehead atoms. The lowest BCUT2D eigenvalue weighted by Crippen LogP contribution is -2.35. The predicted molar refractivity (Wildman–Crippen MR) is 72.5 cm³/mol. The number of carbonyl (C=O) groups is 2. The number of carboxylic acid groups (broad SMARTS) is 1. The summed E-state index contributed by atoms with van der Waals surface area (Å²) in [6, 6.07) is 4.18. The van der Waals surface area contributed by atoms with Crippen LogP contribution in [0.3, 0.4) is 0 Å². The number of aliphatic carboxylic acids is 1. The zero-order valence-electron chi connectivity index (χ0n) is 10.7. The van der Waals surface area contributed by atoms with Crippen molar-refractivity contribution in [1.82, 2.24) is 5.32 Å². The number of rotatable bonds is 5. The Bertz CT molecular complexity index is 503. The van der Waals surface area contributed by atoms with Gasteiger partial charge in [0.2, 0.25) is 0 Å². The fraction of sp³-hybridized carbons (Fsp3) is 0.385. The minimum Gasteiger partial charge on any atom is -0.481 e. The maximum Gasteiger partial charge on any atom is 0.303 e. The lowest BCUT2D eigenvalue weighted by Gasteiger charge is -2.22. The van der Waals surface area contributed by atoms with Gasteiger partial charge < -0.3 is 10.4 Å². The van der Waals surface area contributed by atoms with Gasteiger partial charge in [-0.05, 0) is 33.5 Å². The molecule has 2 N–H and O–H groups in total. The van der Waals surface area contributed by atoms with Crippen molar-refractivity contribution in [1.29, 1.82) is 0 Å². The summed E-state index contributed by atoms with van der Waals surface area (Å²) in [7, 11) is 0. The average molecular weight is 332 g/mol. The summed E-state index contributed by atoms with van der Waals surface area (Å²) in [5.74, 6) is -1.88. The molecule has 0 aliphatic rings. The van der Waals surface area contributed by atoms with E-state index in [1.54, 1.807) is 13.8 Å². The van der Waals surface area contributed by atoms with E-state index >= 15 is 0 Å². The zero-order chi connectivity index (χ0) is 14.6. The second kappa shape index (κ2) is 6.14. The van der Waals surface area contributed by atoms with Gasteiger partial charge in [0, 0.05) is 6.54 Å². The molecule has 0 spiro atoms. The van der Waals surface area contributed by atoms with E-state index in [0.29, 0.717) is 0 Å². The number of hydrogen-bond acceptors (Lipinski definition) is 2. The highest BCUT2D eigenvalue weighted by atomic mass is 79.9. The van der Waals surface area contributed by atoms with Crippen molar-refractivity contribution in [2.24, 2.45) is 5.41 Å². The van der Waals surface area contributed by atoms with Crippen LogP contribution in [0.4, 0.5) is 4.39 Å².